The summed E-state index contributed by atoms with van der Waals surface area (Å²) in [5.41, 5.74) is 1.45. The van der Waals surface area contributed by atoms with Gasteiger partial charge in [0.2, 0.25) is 5.95 Å². The quantitative estimate of drug-likeness (QED) is 0.612. The number of benzene rings is 2. The molecule has 1 aliphatic rings. The molecule has 1 atom stereocenters. The fourth-order valence-corrected chi connectivity index (χ4v) is 3.92. The van der Waals surface area contributed by atoms with Crippen molar-refractivity contribution in [1.82, 2.24) is 20.2 Å². The van der Waals surface area contributed by atoms with Crippen molar-refractivity contribution in [2.45, 2.75) is 13.0 Å². The first-order chi connectivity index (χ1) is 14.7. The number of aliphatic hydroxyl groups excluding tert-OH is 1. The van der Waals surface area contributed by atoms with E-state index in [1.807, 2.05) is 31.2 Å². The van der Waals surface area contributed by atoms with Crippen LogP contribution < -0.4 is 10.2 Å². The molecule has 164 valence electrons. The van der Waals surface area contributed by atoms with Crippen LogP contribution in [0.15, 0.2) is 54.7 Å². The van der Waals surface area contributed by atoms with Crippen LogP contribution in [0.5, 0.6) is 0 Å². The number of carbonyl (C=O) groups is 1. The number of hydrogen-bond acceptors (Lipinski definition) is 6. The highest BCUT2D eigenvalue weighted by Crippen LogP contribution is 2.24. The number of anilines is 1. The summed E-state index contributed by atoms with van der Waals surface area (Å²) >= 11 is 0. The van der Waals surface area contributed by atoms with Crippen LogP contribution in [0.4, 0.5) is 5.95 Å². The van der Waals surface area contributed by atoms with Crippen LogP contribution in [0, 0.1) is 0 Å². The van der Waals surface area contributed by atoms with Gasteiger partial charge in [-0.3, -0.25) is 9.69 Å². The normalized spacial score (nSPS) is 15.4. The molecule has 0 unspecified atom stereocenters. The van der Waals surface area contributed by atoms with Gasteiger partial charge in [-0.15, -0.1) is 12.4 Å². The molecule has 0 saturated carbocycles. The molecule has 0 bridgehead atoms. The standard InChI is InChI=1S/C23H27N5O2.ClH/c1-17(19-8-4-6-18-5-2-3-7-20(18)19)25-22(30)21-9-10-24-23(26-21)28-13-11-27(12-14-28)15-16-29;/h2-10,17,29H,11-16H2,1H3,(H,25,30);1H/t17-;/m1./s1. The SMILES string of the molecule is C[C@@H](NC(=O)c1ccnc(N2CCN(CCO)CC2)n1)c1cccc2ccccc12.Cl. The fraction of sp³-hybridized carbons (Fsp3) is 0.348. The van der Waals surface area contributed by atoms with Gasteiger partial charge in [0.05, 0.1) is 12.6 Å². The number of halogens is 1. The maximum atomic E-state index is 12.9. The average molecular weight is 442 g/mol. The highest BCUT2D eigenvalue weighted by molar-refractivity contribution is 5.93. The van der Waals surface area contributed by atoms with Gasteiger partial charge in [0.15, 0.2) is 0 Å². The lowest BCUT2D eigenvalue weighted by molar-refractivity contribution is 0.0935. The minimum atomic E-state index is -0.210. The molecule has 1 aliphatic heterocycles. The molecule has 0 aliphatic carbocycles. The molecular formula is C23H28ClN5O2. The Morgan fingerprint density at radius 3 is 2.61 bits per heavy atom. The van der Waals surface area contributed by atoms with E-state index in [1.165, 1.54) is 0 Å². The molecule has 3 aromatic rings. The highest BCUT2D eigenvalue weighted by atomic mass is 35.5. The van der Waals surface area contributed by atoms with Gasteiger partial charge in [-0.1, -0.05) is 42.5 Å². The fourth-order valence-electron chi connectivity index (χ4n) is 3.92. The molecule has 1 fully saturated rings. The molecular weight excluding hydrogens is 414 g/mol. The first-order valence-corrected chi connectivity index (χ1v) is 10.4. The van der Waals surface area contributed by atoms with Gasteiger partial charge in [0.1, 0.15) is 5.69 Å². The van der Waals surface area contributed by atoms with Crippen molar-refractivity contribution in [1.29, 1.82) is 0 Å². The van der Waals surface area contributed by atoms with E-state index in [4.69, 9.17) is 5.11 Å². The Balaban J connectivity index is 0.00000272. The molecule has 2 heterocycles. The summed E-state index contributed by atoms with van der Waals surface area (Å²) in [4.78, 5) is 26.0. The van der Waals surface area contributed by atoms with Gasteiger partial charge in [-0.25, -0.2) is 9.97 Å². The van der Waals surface area contributed by atoms with Gasteiger partial charge in [0, 0.05) is 38.9 Å². The van der Waals surface area contributed by atoms with E-state index in [1.54, 1.807) is 12.3 Å². The summed E-state index contributed by atoms with van der Waals surface area (Å²) in [6.07, 6.45) is 1.64. The van der Waals surface area contributed by atoms with Gasteiger partial charge in [-0.2, -0.15) is 0 Å². The zero-order valence-corrected chi connectivity index (χ0v) is 18.4. The molecule has 8 heteroatoms. The summed E-state index contributed by atoms with van der Waals surface area (Å²) in [6.45, 7) is 6.08. The minimum Gasteiger partial charge on any atom is -0.395 e. The van der Waals surface area contributed by atoms with Gasteiger partial charge in [-0.05, 0) is 29.3 Å². The summed E-state index contributed by atoms with van der Waals surface area (Å²) in [5.74, 6) is 0.363. The van der Waals surface area contributed by atoms with E-state index < -0.39 is 0 Å². The number of nitrogens with one attached hydrogen (secondary N) is 1. The average Bonchev–Trinajstić information content (AvgIpc) is 2.79. The Morgan fingerprint density at radius 1 is 1.10 bits per heavy atom. The van der Waals surface area contributed by atoms with E-state index in [0.717, 1.165) is 42.5 Å². The molecule has 31 heavy (non-hydrogen) atoms. The zero-order chi connectivity index (χ0) is 20.9. The van der Waals surface area contributed by atoms with E-state index >= 15 is 0 Å². The van der Waals surface area contributed by atoms with Crippen LogP contribution in [0.25, 0.3) is 10.8 Å². The molecule has 0 spiro atoms. The minimum absolute atomic E-state index is 0. The van der Waals surface area contributed by atoms with E-state index in [9.17, 15) is 4.79 Å². The lowest BCUT2D eigenvalue weighted by Crippen LogP contribution is -2.47. The van der Waals surface area contributed by atoms with Crippen LogP contribution >= 0.6 is 12.4 Å². The Bertz CT molecular complexity index is 1020. The highest BCUT2D eigenvalue weighted by Gasteiger charge is 2.20. The lowest BCUT2D eigenvalue weighted by atomic mass is 9.99. The second-order valence-electron chi connectivity index (χ2n) is 7.56. The van der Waals surface area contributed by atoms with Crippen LogP contribution in [0.3, 0.4) is 0 Å². The monoisotopic (exact) mass is 441 g/mol. The Labute approximate surface area is 188 Å². The third kappa shape index (κ3) is 5.31. The molecule has 0 radical (unpaired) electrons. The number of aliphatic hydroxyl groups is 1. The lowest BCUT2D eigenvalue weighted by Gasteiger charge is -2.34. The molecule has 4 rings (SSSR count). The van der Waals surface area contributed by atoms with E-state index in [2.05, 4.69) is 43.3 Å². The number of aromatic nitrogens is 2. The van der Waals surface area contributed by atoms with Crippen molar-refractivity contribution < 1.29 is 9.90 Å². The number of carbonyl (C=O) groups excluding carboxylic acids is 1. The van der Waals surface area contributed by atoms with Crippen molar-refractivity contribution >= 4 is 35.0 Å². The molecule has 2 aromatic carbocycles. The molecule has 2 N–H and O–H groups in total. The Kier molecular flexibility index (Phi) is 7.79. The van der Waals surface area contributed by atoms with Crippen LogP contribution in [-0.2, 0) is 0 Å². The van der Waals surface area contributed by atoms with Crippen LogP contribution in [0.2, 0.25) is 0 Å². The molecule has 1 saturated heterocycles. The second kappa shape index (κ2) is 10.5. The number of piperazine rings is 1. The third-order valence-corrected chi connectivity index (χ3v) is 5.58. The Morgan fingerprint density at radius 2 is 1.84 bits per heavy atom. The number of rotatable bonds is 6. The van der Waals surface area contributed by atoms with Crippen LogP contribution in [0.1, 0.15) is 29.0 Å². The Hall–Kier alpha value is -2.74. The predicted octanol–water partition coefficient (Wildman–Crippen LogP) is 2.66. The zero-order valence-electron chi connectivity index (χ0n) is 17.6. The van der Waals surface area contributed by atoms with Crippen molar-refractivity contribution in [2.75, 3.05) is 44.2 Å². The van der Waals surface area contributed by atoms with Crippen LogP contribution in [-0.4, -0.2) is 65.2 Å². The summed E-state index contributed by atoms with van der Waals surface area (Å²) in [7, 11) is 0. The number of hydrogen-bond donors (Lipinski definition) is 2. The van der Waals surface area contributed by atoms with Gasteiger partial charge < -0.3 is 15.3 Å². The maximum Gasteiger partial charge on any atom is 0.270 e. The second-order valence-corrected chi connectivity index (χ2v) is 7.56. The van der Waals surface area contributed by atoms with Crippen molar-refractivity contribution in [3.05, 3.63) is 66.0 Å². The number of amides is 1. The summed E-state index contributed by atoms with van der Waals surface area (Å²) in [5, 5.41) is 14.5. The first kappa shape index (κ1) is 22.9. The first-order valence-electron chi connectivity index (χ1n) is 10.4. The van der Waals surface area contributed by atoms with E-state index in [0.29, 0.717) is 18.2 Å². The molecule has 1 amide bonds. The van der Waals surface area contributed by atoms with Crippen molar-refractivity contribution in [3.8, 4) is 0 Å². The molecule has 1 aromatic heterocycles. The molecule has 7 nitrogen and oxygen atoms in total. The summed E-state index contributed by atoms with van der Waals surface area (Å²) < 4.78 is 0. The maximum absolute atomic E-state index is 12.9. The van der Waals surface area contributed by atoms with Crippen molar-refractivity contribution in [3.63, 3.8) is 0 Å². The largest absolute Gasteiger partial charge is 0.395 e. The summed E-state index contributed by atoms with van der Waals surface area (Å²) in [6, 6.07) is 15.8. The van der Waals surface area contributed by atoms with E-state index in [-0.39, 0.29) is 31.0 Å². The topological polar surface area (TPSA) is 81.6 Å². The smallest absolute Gasteiger partial charge is 0.270 e. The number of β-amino-alcohol motifs (C(OH)–C–C–N with tert-alkyl or cyclic N) is 1. The number of nitrogens with zero attached hydrogens (tertiary/aromatic N) is 4. The van der Waals surface area contributed by atoms with Crippen molar-refractivity contribution in [2.24, 2.45) is 0 Å². The third-order valence-electron chi connectivity index (χ3n) is 5.58. The number of fused-ring (bicyclic) bond motifs is 1. The predicted molar refractivity (Wildman–Crippen MR) is 125 cm³/mol. The van der Waals surface area contributed by atoms with Gasteiger partial charge >= 0.3 is 0 Å². The van der Waals surface area contributed by atoms with Gasteiger partial charge in [0.25, 0.3) is 5.91 Å².